The van der Waals surface area contributed by atoms with Crippen LogP contribution in [0.1, 0.15) is 6.42 Å². The normalized spacial score (nSPS) is 10.7. The molecule has 0 radical (unpaired) electrons. The SMILES string of the molecule is FCC(CF)(CF)CF.OCCCO. The van der Waals surface area contributed by atoms with Gasteiger partial charge in [0.1, 0.15) is 26.7 Å². The fraction of sp³-hybridized carbons (Fsp3) is 1.00. The number of hydrogen-bond donors (Lipinski definition) is 2. The zero-order valence-electron chi connectivity index (χ0n) is 7.86. The zero-order valence-corrected chi connectivity index (χ0v) is 7.86. The van der Waals surface area contributed by atoms with Crippen LogP contribution in [-0.4, -0.2) is 50.1 Å². The number of halogens is 4. The summed E-state index contributed by atoms with van der Waals surface area (Å²) >= 11 is 0. The minimum absolute atomic E-state index is 0.0938. The van der Waals surface area contributed by atoms with E-state index in [1.54, 1.807) is 0 Å². The van der Waals surface area contributed by atoms with Gasteiger partial charge in [-0.1, -0.05) is 0 Å². The van der Waals surface area contributed by atoms with Crippen molar-refractivity contribution in [1.29, 1.82) is 0 Å². The summed E-state index contributed by atoms with van der Waals surface area (Å²) in [6.07, 6.45) is 0.500. The van der Waals surface area contributed by atoms with Crippen molar-refractivity contribution in [2.75, 3.05) is 39.9 Å². The molecule has 0 amide bonds. The quantitative estimate of drug-likeness (QED) is 0.660. The van der Waals surface area contributed by atoms with Crippen molar-refractivity contribution in [3.8, 4) is 0 Å². The molecular weight excluding hydrogens is 204 g/mol. The van der Waals surface area contributed by atoms with Crippen LogP contribution >= 0.6 is 0 Å². The second kappa shape index (κ2) is 10.7. The van der Waals surface area contributed by atoms with E-state index in [4.69, 9.17) is 10.2 Å². The Labute approximate surface area is 80.6 Å². The molecular formula is C8H16F4O2. The van der Waals surface area contributed by atoms with Gasteiger partial charge in [0.05, 0.1) is 5.41 Å². The zero-order chi connectivity index (χ0) is 11.4. The first-order chi connectivity index (χ1) is 6.66. The highest BCUT2D eigenvalue weighted by atomic mass is 19.2. The summed E-state index contributed by atoms with van der Waals surface area (Å²) in [7, 11) is 0. The third kappa shape index (κ3) is 7.08. The molecule has 14 heavy (non-hydrogen) atoms. The monoisotopic (exact) mass is 220 g/mol. The smallest absolute Gasteiger partial charge is 0.103 e. The summed E-state index contributed by atoms with van der Waals surface area (Å²) < 4.78 is 46.4. The van der Waals surface area contributed by atoms with Crippen LogP contribution in [0, 0.1) is 5.41 Å². The molecule has 0 aromatic heterocycles. The lowest BCUT2D eigenvalue weighted by molar-refractivity contribution is 0.0813. The van der Waals surface area contributed by atoms with Crippen LogP contribution in [0.5, 0.6) is 0 Å². The average molecular weight is 220 g/mol. The molecule has 0 aliphatic carbocycles. The molecule has 0 rings (SSSR count). The maximum atomic E-state index is 11.6. The fourth-order valence-corrected chi connectivity index (χ4v) is 0.285. The molecule has 0 spiro atoms. The number of aliphatic hydroxyl groups excluding tert-OH is 2. The second-order valence-corrected chi connectivity index (χ2v) is 2.84. The number of alkyl halides is 4. The first-order valence-electron chi connectivity index (χ1n) is 4.12. The highest BCUT2D eigenvalue weighted by molar-refractivity contribution is 4.76. The molecule has 2 N–H and O–H groups in total. The predicted octanol–water partition coefficient (Wildman–Crippen LogP) is 1.21. The molecule has 0 heterocycles. The van der Waals surface area contributed by atoms with E-state index in [2.05, 4.69) is 0 Å². The summed E-state index contributed by atoms with van der Waals surface area (Å²) in [4.78, 5) is 0. The number of rotatable bonds is 6. The van der Waals surface area contributed by atoms with E-state index < -0.39 is 32.1 Å². The maximum Gasteiger partial charge on any atom is 0.103 e. The third-order valence-corrected chi connectivity index (χ3v) is 1.45. The second-order valence-electron chi connectivity index (χ2n) is 2.84. The van der Waals surface area contributed by atoms with Crippen LogP contribution in [0.15, 0.2) is 0 Å². The summed E-state index contributed by atoms with van der Waals surface area (Å²) in [5.41, 5.74) is -2.00. The van der Waals surface area contributed by atoms with Crippen LogP contribution < -0.4 is 0 Å². The number of aliphatic hydroxyl groups is 2. The van der Waals surface area contributed by atoms with Crippen LogP contribution in [0.4, 0.5) is 17.6 Å². The van der Waals surface area contributed by atoms with E-state index in [9.17, 15) is 17.6 Å². The Balaban J connectivity index is 0. The summed E-state index contributed by atoms with van der Waals surface area (Å²) in [6, 6.07) is 0. The van der Waals surface area contributed by atoms with E-state index in [1.807, 2.05) is 0 Å². The van der Waals surface area contributed by atoms with Crippen molar-refractivity contribution < 1.29 is 27.8 Å². The Kier molecular flexibility index (Phi) is 12.3. The van der Waals surface area contributed by atoms with Gasteiger partial charge in [-0.2, -0.15) is 0 Å². The Morgan fingerprint density at radius 2 is 1.00 bits per heavy atom. The largest absolute Gasteiger partial charge is 0.396 e. The van der Waals surface area contributed by atoms with Crippen molar-refractivity contribution in [1.82, 2.24) is 0 Å². The van der Waals surface area contributed by atoms with Crippen LogP contribution in [0.2, 0.25) is 0 Å². The van der Waals surface area contributed by atoms with E-state index >= 15 is 0 Å². The minimum Gasteiger partial charge on any atom is -0.396 e. The van der Waals surface area contributed by atoms with Gasteiger partial charge in [0.15, 0.2) is 0 Å². The predicted molar refractivity (Wildman–Crippen MR) is 45.1 cm³/mol. The summed E-state index contributed by atoms with van der Waals surface area (Å²) in [5.74, 6) is 0. The standard InChI is InChI=1S/C5H8F4.C3H8O2/c6-1-5(2-7,3-8)4-9;4-2-1-3-5/h1-4H2;4-5H,1-3H2. The molecule has 0 unspecified atom stereocenters. The van der Waals surface area contributed by atoms with Gasteiger partial charge in [-0.15, -0.1) is 0 Å². The van der Waals surface area contributed by atoms with Crippen molar-refractivity contribution >= 4 is 0 Å². The van der Waals surface area contributed by atoms with Gasteiger partial charge in [0.25, 0.3) is 0 Å². The topological polar surface area (TPSA) is 40.5 Å². The third-order valence-electron chi connectivity index (χ3n) is 1.45. The minimum atomic E-state index is -2.00. The lowest BCUT2D eigenvalue weighted by Crippen LogP contribution is -2.30. The van der Waals surface area contributed by atoms with Crippen molar-refractivity contribution in [3.05, 3.63) is 0 Å². The molecule has 0 aliphatic heterocycles. The molecule has 0 fully saturated rings. The van der Waals surface area contributed by atoms with Crippen LogP contribution in [-0.2, 0) is 0 Å². The molecule has 6 heteroatoms. The van der Waals surface area contributed by atoms with Crippen LogP contribution in [0.25, 0.3) is 0 Å². The van der Waals surface area contributed by atoms with Crippen molar-refractivity contribution in [3.63, 3.8) is 0 Å². The first-order valence-corrected chi connectivity index (χ1v) is 4.12. The average Bonchev–Trinajstić information content (AvgIpc) is 2.24. The summed E-state index contributed by atoms with van der Waals surface area (Å²) in [6.45, 7) is -4.94. The van der Waals surface area contributed by atoms with Crippen LogP contribution in [0.3, 0.4) is 0 Å². The van der Waals surface area contributed by atoms with E-state index in [0.29, 0.717) is 6.42 Å². The molecule has 0 aromatic carbocycles. The Hall–Kier alpha value is -0.360. The molecule has 0 bridgehead atoms. The lowest BCUT2D eigenvalue weighted by atomic mass is 9.96. The van der Waals surface area contributed by atoms with E-state index in [-0.39, 0.29) is 13.2 Å². The van der Waals surface area contributed by atoms with Crippen molar-refractivity contribution in [2.24, 2.45) is 5.41 Å². The van der Waals surface area contributed by atoms with Gasteiger partial charge in [-0.25, -0.2) is 0 Å². The van der Waals surface area contributed by atoms with Gasteiger partial charge in [-0.05, 0) is 6.42 Å². The highest BCUT2D eigenvalue weighted by Crippen LogP contribution is 2.19. The lowest BCUT2D eigenvalue weighted by Gasteiger charge is -2.18. The van der Waals surface area contributed by atoms with Gasteiger partial charge in [-0.3, -0.25) is 17.6 Å². The fourth-order valence-electron chi connectivity index (χ4n) is 0.285. The molecule has 0 aromatic rings. The van der Waals surface area contributed by atoms with Gasteiger partial charge in [0.2, 0.25) is 0 Å². The van der Waals surface area contributed by atoms with Gasteiger partial charge < -0.3 is 10.2 Å². The van der Waals surface area contributed by atoms with E-state index in [0.717, 1.165) is 0 Å². The summed E-state index contributed by atoms with van der Waals surface area (Å²) in [5, 5.41) is 15.8. The Morgan fingerprint density at radius 3 is 1.00 bits per heavy atom. The molecule has 2 nitrogen and oxygen atoms in total. The van der Waals surface area contributed by atoms with Gasteiger partial charge >= 0.3 is 0 Å². The van der Waals surface area contributed by atoms with E-state index in [1.165, 1.54) is 0 Å². The maximum absolute atomic E-state index is 11.6. The Bertz CT molecular complexity index is 90.0. The molecule has 0 aliphatic rings. The molecule has 0 atom stereocenters. The van der Waals surface area contributed by atoms with Crippen molar-refractivity contribution in [2.45, 2.75) is 6.42 Å². The van der Waals surface area contributed by atoms with Gasteiger partial charge in [0, 0.05) is 13.2 Å². The first kappa shape index (κ1) is 16.1. The highest BCUT2D eigenvalue weighted by Gasteiger charge is 2.30. The Morgan fingerprint density at radius 1 is 0.714 bits per heavy atom. The molecule has 0 saturated heterocycles. The molecule has 88 valence electrons. The number of hydrogen-bond acceptors (Lipinski definition) is 2. The molecule has 0 saturated carbocycles.